The van der Waals surface area contributed by atoms with Gasteiger partial charge in [0, 0.05) is 13.1 Å². The van der Waals surface area contributed by atoms with Crippen molar-refractivity contribution in [2.45, 2.75) is 45.2 Å². The molecule has 2 amide bonds. The highest BCUT2D eigenvalue weighted by molar-refractivity contribution is 6.21. The van der Waals surface area contributed by atoms with Crippen molar-refractivity contribution in [2.24, 2.45) is 5.92 Å². The van der Waals surface area contributed by atoms with Crippen LogP contribution in [0.25, 0.3) is 0 Å². The first kappa shape index (κ1) is 20.3. The third-order valence-electron chi connectivity index (χ3n) is 6.32. The van der Waals surface area contributed by atoms with Crippen LogP contribution in [0.4, 0.5) is 0 Å². The molecule has 0 bridgehead atoms. The van der Waals surface area contributed by atoms with E-state index in [1.165, 1.54) is 10.5 Å². The van der Waals surface area contributed by atoms with Crippen LogP contribution in [-0.4, -0.2) is 40.9 Å². The third kappa shape index (κ3) is 3.88. The molecule has 1 atom stereocenters. The SMILES string of the molecule is CCCC(N1CCC(Cc2cccc(C#N)c2)CC1)N1C(=O)c2ccccc2C1=O. The van der Waals surface area contributed by atoms with Crippen LogP contribution in [0.2, 0.25) is 0 Å². The molecule has 30 heavy (non-hydrogen) atoms. The van der Waals surface area contributed by atoms with Crippen LogP contribution >= 0.6 is 0 Å². The Bertz CT molecular complexity index is 951. The number of piperidine rings is 1. The number of hydrogen-bond donors (Lipinski definition) is 0. The van der Waals surface area contributed by atoms with Gasteiger partial charge >= 0.3 is 0 Å². The number of likely N-dealkylation sites (tertiary alicyclic amines) is 1. The number of imide groups is 1. The van der Waals surface area contributed by atoms with Gasteiger partial charge in [-0.25, -0.2) is 0 Å². The Morgan fingerprint density at radius 3 is 2.30 bits per heavy atom. The Morgan fingerprint density at radius 2 is 1.70 bits per heavy atom. The number of carbonyl (C=O) groups excluding carboxylic acids is 2. The summed E-state index contributed by atoms with van der Waals surface area (Å²) in [5.74, 6) is 0.230. The summed E-state index contributed by atoms with van der Waals surface area (Å²) < 4.78 is 0. The number of nitriles is 1. The molecule has 0 spiro atoms. The summed E-state index contributed by atoms with van der Waals surface area (Å²) in [6.07, 6.45) is 4.55. The molecule has 2 aliphatic heterocycles. The lowest BCUT2D eigenvalue weighted by atomic mass is 9.89. The number of nitrogens with zero attached hydrogens (tertiary/aromatic N) is 3. The molecule has 1 fully saturated rings. The maximum Gasteiger partial charge on any atom is 0.262 e. The molecule has 0 aromatic heterocycles. The summed E-state index contributed by atoms with van der Waals surface area (Å²) >= 11 is 0. The zero-order valence-electron chi connectivity index (χ0n) is 17.4. The molecule has 2 heterocycles. The van der Waals surface area contributed by atoms with E-state index >= 15 is 0 Å². The summed E-state index contributed by atoms with van der Waals surface area (Å²) in [6, 6.07) is 17.2. The molecule has 2 aromatic rings. The van der Waals surface area contributed by atoms with Crippen molar-refractivity contribution >= 4 is 11.8 Å². The van der Waals surface area contributed by atoms with Gasteiger partial charge in [0.1, 0.15) is 0 Å². The maximum atomic E-state index is 13.0. The molecule has 0 aliphatic carbocycles. The molecular weight excluding hydrogens is 374 g/mol. The van der Waals surface area contributed by atoms with Crippen molar-refractivity contribution in [3.8, 4) is 6.07 Å². The third-order valence-corrected chi connectivity index (χ3v) is 6.32. The van der Waals surface area contributed by atoms with Crippen molar-refractivity contribution in [2.75, 3.05) is 13.1 Å². The molecule has 1 unspecified atom stereocenters. The monoisotopic (exact) mass is 401 g/mol. The Labute approximate surface area is 177 Å². The van der Waals surface area contributed by atoms with Crippen molar-refractivity contribution < 1.29 is 9.59 Å². The summed E-state index contributed by atoms with van der Waals surface area (Å²) in [6.45, 7) is 3.85. The van der Waals surface area contributed by atoms with Crippen LogP contribution in [0, 0.1) is 17.2 Å². The van der Waals surface area contributed by atoms with Crippen LogP contribution < -0.4 is 0 Å². The fraction of sp³-hybridized carbons (Fsp3) is 0.400. The topological polar surface area (TPSA) is 64.4 Å². The van der Waals surface area contributed by atoms with Crippen LogP contribution in [0.3, 0.4) is 0 Å². The second-order valence-corrected chi connectivity index (χ2v) is 8.29. The van der Waals surface area contributed by atoms with Gasteiger partial charge in [0.15, 0.2) is 0 Å². The first-order valence-corrected chi connectivity index (χ1v) is 10.8. The smallest absolute Gasteiger partial charge is 0.262 e. The summed E-state index contributed by atoms with van der Waals surface area (Å²) in [7, 11) is 0. The van der Waals surface area contributed by atoms with Gasteiger partial charge in [-0.05, 0) is 61.4 Å². The molecule has 1 saturated heterocycles. The van der Waals surface area contributed by atoms with Crippen LogP contribution in [0.1, 0.15) is 64.4 Å². The van der Waals surface area contributed by atoms with Gasteiger partial charge in [-0.1, -0.05) is 37.6 Å². The van der Waals surface area contributed by atoms with Gasteiger partial charge in [-0.3, -0.25) is 19.4 Å². The summed E-state index contributed by atoms with van der Waals surface area (Å²) in [5, 5.41) is 9.11. The van der Waals surface area contributed by atoms with E-state index in [9.17, 15) is 9.59 Å². The molecule has 5 heteroatoms. The van der Waals surface area contributed by atoms with E-state index in [2.05, 4.69) is 24.0 Å². The summed E-state index contributed by atoms with van der Waals surface area (Å²) in [5.41, 5.74) is 2.96. The van der Waals surface area contributed by atoms with E-state index in [4.69, 9.17) is 5.26 Å². The standard InChI is InChI=1S/C25H27N3O2/c1-2-6-23(28-24(29)21-9-3-4-10-22(21)25(28)30)27-13-11-18(12-14-27)15-19-7-5-8-20(16-19)17-26/h3-5,7-10,16,18,23H,2,6,11-15H2,1H3. The van der Waals surface area contributed by atoms with E-state index < -0.39 is 0 Å². The molecule has 2 aromatic carbocycles. The lowest BCUT2D eigenvalue weighted by Gasteiger charge is -2.41. The molecule has 0 saturated carbocycles. The lowest BCUT2D eigenvalue weighted by Crippen LogP contribution is -2.53. The number of carbonyl (C=O) groups is 2. The van der Waals surface area contributed by atoms with Crippen molar-refractivity contribution in [3.05, 3.63) is 70.8 Å². The Kier molecular flexibility index (Phi) is 5.96. The molecular formula is C25H27N3O2. The molecule has 4 rings (SSSR count). The molecule has 5 nitrogen and oxygen atoms in total. The van der Waals surface area contributed by atoms with Crippen LogP contribution in [0.15, 0.2) is 48.5 Å². The van der Waals surface area contributed by atoms with E-state index in [0.717, 1.165) is 45.2 Å². The predicted octanol–water partition coefficient (Wildman–Crippen LogP) is 4.24. The number of amides is 2. The molecule has 154 valence electrons. The molecule has 0 radical (unpaired) electrons. The van der Waals surface area contributed by atoms with E-state index in [-0.39, 0.29) is 18.0 Å². The van der Waals surface area contributed by atoms with Gasteiger partial charge in [-0.2, -0.15) is 5.26 Å². The highest BCUT2D eigenvalue weighted by atomic mass is 16.2. The number of fused-ring (bicyclic) bond motifs is 1. The minimum absolute atomic E-state index is 0.163. The summed E-state index contributed by atoms with van der Waals surface area (Å²) in [4.78, 5) is 29.8. The highest BCUT2D eigenvalue weighted by Crippen LogP contribution is 2.30. The van der Waals surface area contributed by atoms with E-state index in [1.54, 1.807) is 12.1 Å². The van der Waals surface area contributed by atoms with Gasteiger partial charge < -0.3 is 0 Å². The van der Waals surface area contributed by atoms with Crippen LogP contribution in [-0.2, 0) is 6.42 Å². The Morgan fingerprint density at radius 1 is 1.03 bits per heavy atom. The molecule has 0 N–H and O–H groups in total. The number of benzene rings is 2. The van der Waals surface area contributed by atoms with Crippen LogP contribution in [0.5, 0.6) is 0 Å². The maximum absolute atomic E-state index is 13.0. The second kappa shape index (κ2) is 8.81. The number of rotatable bonds is 6. The van der Waals surface area contributed by atoms with Gasteiger partial charge in [-0.15, -0.1) is 0 Å². The van der Waals surface area contributed by atoms with Gasteiger partial charge in [0.2, 0.25) is 0 Å². The quantitative estimate of drug-likeness (QED) is 0.680. The van der Waals surface area contributed by atoms with E-state index in [0.29, 0.717) is 22.6 Å². The normalized spacial score (nSPS) is 18.3. The fourth-order valence-corrected chi connectivity index (χ4v) is 4.77. The Hall–Kier alpha value is -2.97. The average molecular weight is 402 g/mol. The van der Waals surface area contributed by atoms with Gasteiger partial charge in [0.05, 0.1) is 28.9 Å². The van der Waals surface area contributed by atoms with Crippen molar-refractivity contribution in [1.82, 2.24) is 9.80 Å². The van der Waals surface area contributed by atoms with Crippen molar-refractivity contribution in [3.63, 3.8) is 0 Å². The molecule has 2 aliphatic rings. The van der Waals surface area contributed by atoms with Crippen molar-refractivity contribution in [1.29, 1.82) is 5.26 Å². The Balaban J connectivity index is 1.44. The first-order valence-electron chi connectivity index (χ1n) is 10.8. The zero-order valence-corrected chi connectivity index (χ0v) is 17.4. The predicted molar refractivity (Wildman–Crippen MR) is 115 cm³/mol. The number of hydrogen-bond acceptors (Lipinski definition) is 4. The first-order chi connectivity index (χ1) is 14.6. The lowest BCUT2D eigenvalue weighted by molar-refractivity contribution is 0.0171. The zero-order chi connectivity index (χ0) is 21.1. The van der Waals surface area contributed by atoms with Gasteiger partial charge in [0.25, 0.3) is 11.8 Å². The fourth-order valence-electron chi connectivity index (χ4n) is 4.77. The largest absolute Gasteiger partial charge is 0.283 e. The average Bonchev–Trinajstić information content (AvgIpc) is 3.03. The second-order valence-electron chi connectivity index (χ2n) is 8.29. The highest BCUT2D eigenvalue weighted by Gasteiger charge is 2.42. The minimum atomic E-state index is -0.176. The minimum Gasteiger partial charge on any atom is -0.283 e. The van der Waals surface area contributed by atoms with E-state index in [1.807, 2.05) is 30.3 Å².